The van der Waals surface area contributed by atoms with E-state index in [1.807, 2.05) is 4.90 Å². The molecule has 1 aromatic rings. The highest BCUT2D eigenvalue weighted by Crippen LogP contribution is 2.35. The zero-order chi connectivity index (χ0) is 17.3. The molecule has 1 aromatic heterocycles. The molecular formula is C20H32N2O2. The van der Waals surface area contributed by atoms with E-state index in [2.05, 4.69) is 50.6 Å². The Bertz CT molecular complexity index is 566. The van der Waals surface area contributed by atoms with Crippen molar-refractivity contribution < 1.29 is 9.53 Å². The Balaban J connectivity index is 1.59. The number of fused-ring (bicyclic) bond motifs is 1. The van der Waals surface area contributed by atoms with Crippen LogP contribution in [0.15, 0.2) is 18.3 Å². The molecule has 24 heavy (non-hydrogen) atoms. The lowest BCUT2D eigenvalue weighted by Crippen LogP contribution is -2.44. The Hall–Kier alpha value is -1.29. The second-order valence-electron chi connectivity index (χ2n) is 8.07. The first-order valence-electron chi connectivity index (χ1n) is 9.53. The van der Waals surface area contributed by atoms with Crippen LogP contribution in [-0.2, 0) is 16.1 Å². The van der Waals surface area contributed by atoms with Crippen molar-refractivity contribution in [2.24, 2.45) is 17.8 Å². The summed E-state index contributed by atoms with van der Waals surface area (Å²) in [6, 6.07) is 4.31. The number of carbonyl (C=O) groups is 1. The van der Waals surface area contributed by atoms with Crippen molar-refractivity contribution in [3.63, 3.8) is 0 Å². The van der Waals surface area contributed by atoms with E-state index in [1.54, 1.807) is 0 Å². The SMILES string of the molecule is CC(C)[C@@H]1CC[C@@H](C)C[C@H]1OCC(=O)N1CCn2cccc2C1C. The average Bonchev–Trinajstić information content (AvgIpc) is 3.02. The molecule has 0 aromatic carbocycles. The number of ether oxygens (including phenoxy) is 1. The molecule has 1 aliphatic carbocycles. The Labute approximate surface area is 146 Å². The summed E-state index contributed by atoms with van der Waals surface area (Å²) in [6.07, 6.45) is 5.94. The van der Waals surface area contributed by atoms with Crippen LogP contribution >= 0.6 is 0 Å². The zero-order valence-corrected chi connectivity index (χ0v) is 15.6. The van der Waals surface area contributed by atoms with Gasteiger partial charge in [0.1, 0.15) is 6.61 Å². The number of carbonyl (C=O) groups excluding carboxylic acids is 1. The largest absolute Gasteiger partial charge is 0.368 e. The van der Waals surface area contributed by atoms with Crippen molar-refractivity contribution >= 4 is 5.91 Å². The average molecular weight is 332 g/mol. The molecule has 0 radical (unpaired) electrons. The van der Waals surface area contributed by atoms with Crippen LogP contribution in [-0.4, -0.2) is 34.6 Å². The van der Waals surface area contributed by atoms with E-state index in [9.17, 15) is 4.79 Å². The number of hydrogen-bond acceptors (Lipinski definition) is 2. The highest BCUT2D eigenvalue weighted by molar-refractivity contribution is 5.78. The molecule has 0 bridgehead atoms. The van der Waals surface area contributed by atoms with Crippen LogP contribution < -0.4 is 0 Å². The van der Waals surface area contributed by atoms with Gasteiger partial charge in [-0.3, -0.25) is 4.79 Å². The van der Waals surface area contributed by atoms with Crippen molar-refractivity contribution in [3.8, 4) is 0 Å². The highest BCUT2D eigenvalue weighted by atomic mass is 16.5. The van der Waals surface area contributed by atoms with E-state index in [0.29, 0.717) is 17.8 Å². The molecule has 0 spiro atoms. The fraction of sp³-hybridized carbons (Fsp3) is 0.750. The number of rotatable bonds is 4. The van der Waals surface area contributed by atoms with Crippen LogP contribution in [0.3, 0.4) is 0 Å². The first-order valence-corrected chi connectivity index (χ1v) is 9.53. The molecule has 2 heterocycles. The monoisotopic (exact) mass is 332 g/mol. The van der Waals surface area contributed by atoms with Crippen LogP contribution in [0.25, 0.3) is 0 Å². The molecular weight excluding hydrogens is 300 g/mol. The second kappa shape index (κ2) is 7.30. The summed E-state index contributed by atoms with van der Waals surface area (Å²) in [5.74, 6) is 2.05. The molecule has 1 unspecified atom stereocenters. The van der Waals surface area contributed by atoms with E-state index < -0.39 is 0 Å². The van der Waals surface area contributed by atoms with E-state index in [-0.39, 0.29) is 24.7 Å². The van der Waals surface area contributed by atoms with Gasteiger partial charge in [-0.05, 0) is 49.7 Å². The topological polar surface area (TPSA) is 34.5 Å². The smallest absolute Gasteiger partial charge is 0.249 e. The van der Waals surface area contributed by atoms with Gasteiger partial charge in [0.25, 0.3) is 0 Å². The third kappa shape index (κ3) is 3.53. The molecule has 2 aliphatic rings. The highest BCUT2D eigenvalue weighted by Gasteiger charge is 2.33. The van der Waals surface area contributed by atoms with Gasteiger partial charge in [0.2, 0.25) is 5.91 Å². The Kier molecular flexibility index (Phi) is 5.33. The lowest BCUT2D eigenvalue weighted by molar-refractivity contribution is -0.144. The standard InChI is InChI=1S/C20H32N2O2/c1-14(2)17-8-7-15(3)12-19(17)24-13-20(23)22-11-10-21-9-5-6-18(21)16(22)4/h5-6,9,14-17,19H,7-8,10-13H2,1-4H3/t15-,16?,17+,19-/m1/s1. The van der Waals surface area contributed by atoms with Crippen LogP contribution in [0.2, 0.25) is 0 Å². The Morgan fingerprint density at radius 3 is 2.83 bits per heavy atom. The Morgan fingerprint density at radius 2 is 2.08 bits per heavy atom. The van der Waals surface area contributed by atoms with Crippen LogP contribution in [0.1, 0.15) is 58.7 Å². The predicted molar refractivity (Wildman–Crippen MR) is 95.6 cm³/mol. The van der Waals surface area contributed by atoms with Gasteiger partial charge in [0.05, 0.1) is 12.1 Å². The maximum Gasteiger partial charge on any atom is 0.249 e. The van der Waals surface area contributed by atoms with Crippen molar-refractivity contribution in [2.75, 3.05) is 13.2 Å². The van der Waals surface area contributed by atoms with Gasteiger partial charge in [-0.2, -0.15) is 0 Å². The van der Waals surface area contributed by atoms with Crippen molar-refractivity contribution in [1.29, 1.82) is 0 Å². The molecule has 1 saturated carbocycles. The molecule has 1 aliphatic heterocycles. The minimum atomic E-state index is 0.135. The number of hydrogen-bond donors (Lipinski definition) is 0. The van der Waals surface area contributed by atoms with E-state index in [1.165, 1.54) is 18.5 Å². The van der Waals surface area contributed by atoms with Crippen molar-refractivity contribution in [1.82, 2.24) is 9.47 Å². The molecule has 1 fully saturated rings. The van der Waals surface area contributed by atoms with Crippen molar-refractivity contribution in [2.45, 2.75) is 65.6 Å². The normalized spacial score (nSPS) is 30.5. The molecule has 4 atom stereocenters. The molecule has 1 amide bonds. The van der Waals surface area contributed by atoms with Gasteiger partial charge in [0.15, 0.2) is 0 Å². The summed E-state index contributed by atoms with van der Waals surface area (Å²) in [6.45, 7) is 10.9. The van der Waals surface area contributed by atoms with Gasteiger partial charge in [-0.15, -0.1) is 0 Å². The summed E-state index contributed by atoms with van der Waals surface area (Å²) < 4.78 is 8.41. The third-order valence-electron chi connectivity index (χ3n) is 6.04. The predicted octanol–water partition coefficient (Wildman–Crippen LogP) is 3.87. The van der Waals surface area contributed by atoms with Gasteiger partial charge in [0, 0.05) is 25.0 Å². The van der Waals surface area contributed by atoms with E-state index >= 15 is 0 Å². The van der Waals surface area contributed by atoms with E-state index in [4.69, 9.17) is 4.74 Å². The van der Waals surface area contributed by atoms with Gasteiger partial charge in [-0.1, -0.05) is 27.2 Å². The summed E-state index contributed by atoms with van der Waals surface area (Å²) in [5, 5.41) is 0. The van der Waals surface area contributed by atoms with Crippen LogP contribution in [0, 0.1) is 17.8 Å². The quantitative estimate of drug-likeness (QED) is 0.839. The first kappa shape index (κ1) is 17.5. The zero-order valence-electron chi connectivity index (χ0n) is 15.6. The van der Waals surface area contributed by atoms with Gasteiger partial charge in [-0.25, -0.2) is 0 Å². The fourth-order valence-electron chi connectivity index (χ4n) is 4.49. The molecule has 4 heteroatoms. The lowest BCUT2D eigenvalue weighted by Gasteiger charge is -2.38. The Morgan fingerprint density at radius 1 is 1.29 bits per heavy atom. The first-order chi connectivity index (χ1) is 11.5. The van der Waals surface area contributed by atoms with Crippen molar-refractivity contribution in [3.05, 3.63) is 24.0 Å². The fourth-order valence-corrected chi connectivity index (χ4v) is 4.49. The van der Waals surface area contributed by atoms with Crippen LogP contribution in [0.5, 0.6) is 0 Å². The molecule has 134 valence electrons. The lowest BCUT2D eigenvalue weighted by atomic mass is 9.75. The summed E-state index contributed by atoms with van der Waals surface area (Å²) in [5.41, 5.74) is 1.22. The summed E-state index contributed by atoms with van der Waals surface area (Å²) in [4.78, 5) is 14.7. The molecule has 0 saturated heterocycles. The maximum atomic E-state index is 12.7. The maximum absolute atomic E-state index is 12.7. The van der Waals surface area contributed by atoms with E-state index in [0.717, 1.165) is 19.5 Å². The van der Waals surface area contributed by atoms with Crippen LogP contribution in [0.4, 0.5) is 0 Å². The minimum Gasteiger partial charge on any atom is -0.368 e. The number of amides is 1. The molecule has 4 nitrogen and oxygen atoms in total. The second-order valence-corrected chi connectivity index (χ2v) is 8.07. The molecule has 3 rings (SSSR count). The van der Waals surface area contributed by atoms with Gasteiger partial charge >= 0.3 is 0 Å². The van der Waals surface area contributed by atoms with Gasteiger partial charge < -0.3 is 14.2 Å². The summed E-state index contributed by atoms with van der Waals surface area (Å²) >= 11 is 0. The number of nitrogens with zero attached hydrogens (tertiary/aromatic N) is 2. The number of aromatic nitrogens is 1. The minimum absolute atomic E-state index is 0.135. The third-order valence-corrected chi connectivity index (χ3v) is 6.04. The molecule has 0 N–H and O–H groups in total. The summed E-state index contributed by atoms with van der Waals surface area (Å²) in [7, 11) is 0.